The molecule has 0 aromatic rings. The summed E-state index contributed by atoms with van der Waals surface area (Å²) in [6, 6.07) is 1.38. The second-order valence-electron chi connectivity index (χ2n) is 2.93. The number of nitrogens with one attached hydrogen (secondary N) is 2. The smallest absolute Gasteiger partial charge is 0.315 e. The molecule has 3 nitrogen and oxygen atoms in total. The summed E-state index contributed by atoms with van der Waals surface area (Å²) in [5.74, 6) is 0. The molecule has 0 aromatic heterocycles. The van der Waals surface area contributed by atoms with Gasteiger partial charge in [-0.05, 0) is 51.4 Å². The van der Waals surface area contributed by atoms with E-state index in [2.05, 4.69) is 10.6 Å². The molecule has 10 radical (unpaired) electrons. The zero-order valence-corrected chi connectivity index (χ0v) is 7.53. The van der Waals surface area contributed by atoms with Crippen LogP contribution in [0.3, 0.4) is 0 Å². The van der Waals surface area contributed by atoms with E-state index in [-0.39, 0.29) is 6.03 Å². The van der Waals surface area contributed by atoms with Crippen LogP contribution < -0.4 is 10.6 Å². The standard InChI is InChI=1S/C11H10N2O/c14-11(12-9-5-1-2-6-9)13-10-7-3-4-8-10/h1-8H,(H2,12,13,14). The van der Waals surface area contributed by atoms with Crippen LogP contribution in [0.15, 0.2) is 0 Å². The third-order valence-corrected chi connectivity index (χ3v) is 1.84. The fourth-order valence-corrected chi connectivity index (χ4v) is 1.21. The topological polar surface area (TPSA) is 41.1 Å². The van der Waals surface area contributed by atoms with Crippen molar-refractivity contribution >= 4 is 6.03 Å². The normalized spacial score (nSPS) is 24.0. The molecular formula is C11H10N2O. The average Bonchev–Trinajstić information content (AvgIpc) is 2.76. The molecule has 2 fully saturated rings. The van der Waals surface area contributed by atoms with Gasteiger partial charge in [-0.3, -0.25) is 0 Å². The lowest BCUT2D eigenvalue weighted by Crippen LogP contribution is -2.39. The zero-order chi connectivity index (χ0) is 9.80. The molecular weight excluding hydrogens is 176 g/mol. The number of urea groups is 1. The lowest BCUT2D eigenvalue weighted by molar-refractivity contribution is 0.243. The van der Waals surface area contributed by atoms with Gasteiger partial charge in [0.1, 0.15) is 0 Å². The highest BCUT2D eigenvalue weighted by atomic mass is 16.2. The Morgan fingerprint density at radius 3 is 1.50 bits per heavy atom. The fourth-order valence-electron chi connectivity index (χ4n) is 1.21. The van der Waals surface area contributed by atoms with Crippen molar-refractivity contribution in [1.82, 2.24) is 10.6 Å². The van der Waals surface area contributed by atoms with E-state index in [4.69, 9.17) is 0 Å². The first-order valence-electron chi connectivity index (χ1n) is 4.36. The highest BCUT2D eigenvalue weighted by Gasteiger charge is 2.22. The minimum Gasteiger partial charge on any atom is -0.330 e. The van der Waals surface area contributed by atoms with Gasteiger partial charge in [0.15, 0.2) is 0 Å². The largest absolute Gasteiger partial charge is 0.330 e. The number of carbonyl (C=O) groups excluding carboxylic acids is 1. The molecule has 14 heavy (non-hydrogen) atoms. The van der Waals surface area contributed by atoms with Gasteiger partial charge in [-0.25, -0.2) is 4.79 Å². The molecule has 0 heterocycles. The van der Waals surface area contributed by atoms with Gasteiger partial charge in [-0.15, -0.1) is 0 Å². The van der Waals surface area contributed by atoms with Crippen LogP contribution >= 0.6 is 0 Å². The van der Waals surface area contributed by atoms with Gasteiger partial charge in [0.25, 0.3) is 0 Å². The molecule has 70 valence electrons. The summed E-state index contributed by atoms with van der Waals surface area (Å²) in [4.78, 5) is 11.4. The highest BCUT2D eigenvalue weighted by molar-refractivity contribution is 5.79. The van der Waals surface area contributed by atoms with E-state index in [9.17, 15) is 4.79 Å². The van der Waals surface area contributed by atoms with Crippen molar-refractivity contribution in [2.75, 3.05) is 0 Å². The van der Waals surface area contributed by atoms with Crippen molar-refractivity contribution in [2.24, 2.45) is 0 Å². The zero-order valence-electron chi connectivity index (χ0n) is 7.53. The lowest BCUT2D eigenvalue weighted by Gasteiger charge is -2.14. The average molecular weight is 186 g/mol. The fraction of sp³-hybridized carbons (Fsp3) is 0. The van der Waals surface area contributed by atoms with Gasteiger partial charge >= 0.3 is 6.03 Å². The third-order valence-electron chi connectivity index (χ3n) is 1.84. The number of carbonyl (C=O) groups is 1. The summed E-state index contributed by atoms with van der Waals surface area (Å²) < 4.78 is 0. The molecule has 0 aliphatic heterocycles. The van der Waals surface area contributed by atoms with Crippen molar-refractivity contribution < 1.29 is 4.79 Å². The lowest BCUT2D eigenvalue weighted by atomic mass is 10.2. The molecule has 2 aliphatic carbocycles. The molecule has 2 rings (SSSR count). The van der Waals surface area contributed by atoms with Crippen LogP contribution in [0.5, 0.6) is 0 Å². The Balaban J connectivity index is 1.66. The highest BCUT2D eigenvalue weighted by Crippen LogP contribution is 2.21. The maximum atomic E-state index is 11.4. The van der Waals surface area contributed by atoms with Crippen LogP contribution in [0.4, 0.5) is 4.79 Å². The molecule has 0 spiro atoms. The second-order valence-corrected chi connectivity index (χ2v) is 2.93. The van der Waals surface area contributed by atoms with E-state index in [0.29, 0.717) is 0 Å². The molecule has 0 bridgehead atoms. The Morgan fingerprint density at radius 2 is 1.14 bits per heavy atom. The summed E-state index contributed by atoms with van der Waals surface area (Å²) in [5, 5.41) is 5.42. The Kier molecular flexibility index (Phi) is 3.27. The first-order chi connectivity index (χ1) is 6.84. The van der Waals surface area contributed by atoms with Crippen molar-refractivity contribution in [2.45, 2.75) is 0 Å². The number of rotatable bonds is 2. The maximum Gasteiger partial charge on any atom is 0.315 e. The summed E-state index contributed by atoms with van der Waals surface area (Å²) in [7, 11) is 0. The molecule has 2 N–H and O–H groups in total. The van der Waals surface area contributed by atoms with Crippen LogP contribution in [0, 0.1) is 63.5 Å². The predicted molar refractivity (Wildman–Crippen MR) is 52.6 cm³/mol. The van der Waals surface area contributed by atoms with Crippen molar-refractivity contribution in [3.8, 4) is 0 Å². The molecule has 0 unspecified atom stereocenters. The van der Waals surface area contributed by atoms with E-state index in [1.807, 2.05) is 51.4 Å². The summed E-state index contributed by atoms with van der Waals surface area (Å²) >= 11 is 0. The van der Waals surface area contributed by atoms with Crippen LogP contribution in [0.2, 0.25) is 0 Å². The molecule has 0 atom stereocenters. The minimum absolute atomic E-state index is 0.220. The summed E-state index contributed by atoms with van der Waals surface area (Å²) in [5.41, 5.74) is 0. The first-order valence-corrected chi connectivity index (χ1v) is 4.36. The van der Waals surface area contributed by atoms with Crippen molar-refractivity contribution in [3.05, 3.63) is 63.5 Å². The van der Waals surface area contributed by atoms with E-state index >= 15 is 0 Å². The molecule has 3 heteroatoms. The van der Waals surface area contributed by atoms with Gasteiger partial charge in [0, 0.05) is 0 Å². The van der Waals surface area contributed by atoms with Gasteiger partial charge in [-0.1, -0.05) is 0 Å². The quantitative estimate of drug-likeness (QED) is 0.664. The third kappa shape index (κ3) is 2.63. The van der Waals surface area contributed by atoms with Crippen molar-refractivity contribution in [3.63, 3.8) is 0 Å². The predicted octanol–water partition coefficient (Wildman–Crippen LogP) is 1.01. The van der Waals surface area contributed by atoms with E-state index in [1.54, 1.807) is 0 Å². The maximum absolute atomic E-state index is 11.4. The summed E-state index contributed by atoms with van der Waals surface area (Å²) in [6.45, 7) is 0. The molecule has 2 amide bonds. The van der Waals surface area contributed by atoms with Crippen LogP contribution in [-0.2, 0) is 0 Å². The van der Waals surface area contributed by atoms with Gasteiger partial charge in [0.05, 0.1) is 12.1 Å². The van der Waals surface area contributed by atoms with E-state index in [0.717, 1.165) is 12.1 Å². The van der Waals surface area contributed by atoms with Gasteiger partial charge < -0.3 is 10.6 Å². The number of hydrogen-bond donors (Lipinski definition) is 2. The molecule has 0 saturated heterocycles. The van der Waals surface area contributed by atoms with Crippen molar-refractivity contribution in [1.29, 1.82) is 0 Å². The van der Waals surface area contributed by atoms with E-state index < -0.39 is 0 Å². The monoisotopic (exact) mass is 186 g/mol. The summed E-state index contributed by atoms with van der Waals surface area (Å²) in [6.07, 6.45) is 14.8. The molecule has 0 aromatic carbocycles. The van der Waals surface area contributed by atoms with Crippen LogP contribution in [0.25, 0.3) is 0 Å². The second kappa shape index (κ2) is 4.67. The molecule has 2 aliphatic rings. The Bertz CT molecular complexity index is 173. The SMILES string of the molecule is O=C(N[C]1[CH][CH][CH][CH]1)N[C]1[CH][CH][CH][CH]1. The molecule has 2 saturated carbocycles. The Hall–Kier alpha value is -0.730. The first kappa shape index (κ1) is 9.81. The van der Waals surface area contributed by atoms with Crippen LogP contribution in [-0.4, -0.2) is 6.03 Å². The van der Waals surface area contributed by atoms with Crippen LogP contribution in [0.1, 0.15) is 0 Å². The van der Waals surface area contributed by atoms with Gasteiger partial charge in [0.2, 0.25) is 0 Å². The Morgan fingerprint density at radius 1 is 0.786 bits per heavy atom. The van der Waals surface area contributed by atoms with E-state index in [1.165, 1.54) is 0 Å². The number of amides is 2. The minimum atomic E-state index is -0.220. The number of hydrogen-bond acceptors (Lipinski definition) is 1. The van der Waals surface area contributed by atoms with Gasteiger partial charge in [-0.2, -0.15) is 0 Å². The Labute approximate surface area is 85.6 Å².